The molecular formula is C9H10N2O5. The smallest absolute Gasteiger partial charge is 0.396 e. The summed E-state index contributed by atoms with van der Waals surface area (Å²) in [4.78, 5) is 35.4. The third-order valence-corrected chi connectivity index (χ3v) is 1.91. The number of methoxy groups -OCH3 is 1. The number of esters is 1. The van der Waals surface area contributed by atoms with Crippen LogP contribution in [0.2, 0.25) is 0 Å². The summed E-state index contributed by atoms with van der Waals surface area (Å²) in [5.41, 5.74) is 0.324. The van der Waals surface area contributed by atoms with E-state index in [1.807, 2.05) is 0 Å². The minimum Gasteiger partial charge on any atom is -0.478 e. The molecule has 7 nitrogen and oxygen atoms in total. The van der Waals surface area contributed by atoms with Gasteiger partial charge in [-0.2, -0.15) is 0 Å². The van der Waals surface area contributed by atoms with Gasteiger partial charge < -0.3 is 20.1 Å². The fraction of sp³-hybridized carbons (Fsp3) is 0.222. The fourth-order valence-corrected chi connectivity index (χ4v) is 1.17. The van der Waals surface area contributed by atoms with Crippen LogP contribution in [0, 0.1) is 6.92 Å². The molecule has 16 heavy (non-hydrogen) atoms. The maximum absolute atomic E-state index is 11.1. The Labute approximate surface area is 90.4 Å². The molecule has 0 bridgehead atoms. The van der Waals surface area contributed by atoms with Gasteiger partial charge in [-0.25, -0.2) is 9.59 Å². The second kappa shape index (κ2) is 4.47. The molecule has 0 saturated carbocycles. The fourth-order valence-electron chi connectivity index (χ4n) is 1.17. The molecule has 1 rings (SSSR count). The van der Waals surface area contributed by atoms with E-state index in [9.17, 15) is 14.4 Å². The van der Waals surface area contributed by atoms with Gasteiger partial charge in [-0.1, -0.05) is 0 Å². The van der Waals surface area contributed by atoms with Crippen molar-refractivity contribution < 1.29 is 24.2 Å². The molecule has 7 heteroatoms. The number of amides is 1. The van der Waals surface area contributed by atoms with Crippen LogP contribution in [0.15, 0.2) is 6.20 Å². The van der Waals surface area contributed by atoms with Crippen LogP contribution in [0.25, 0.3) is 0 Å². The van der Waals surface area contributed by atoms with Crippen molar-refractivity contribution in [2.75, 3.05) is 12.4 Å². The van der Waals surface area contributed by atoms with Crippen LogP contribution >= 0.6 is 0 Å². The Kier molecular flexibility index (Phi) is 3.29. The Hall–Kier alpha value is -2.31. The first-order valence-electron chi connectivity index (χ1n) is 4.28. The van der Waals surface area contributed by atoms with Gasteiger partial charge in [0.15, 0.2) is 0 Å². The van der Waals surface area contributed by atoms with E-state index in [0.29, 0.717) is 5.69 Å². The zero-order valence-corrected chi connectivity index (χ0v) is 8.66. The first-order chi connectivity index (χ1) is 7.47. The quantitative estimate of drug-likeness (QED) is 0.490. The van der Waals surface area contributed by atoms with Crippen molar-refractivity contribution in [1.29, 1.82) is 0 Å². The highest BCUT2D eigenvalue weighted by Crippen LogP contribution is 2.18. The summed E-state index contributed by atoms with van der Waals surface area (Å²) in [6.07, 6.45) is 1.29. The summed E-state index contributed by atoms with van der Waals surface area (Å²) < 4.78 is 4.18. The van der Waals surface area contributed by atoms with Crippen LogP contribution in [0.5, 0.6) is 0 Å². The number of rotatable bonds is 2. The summed E-state index contributed by atoms with van der Waals surface area (Å²) in [6, 6.07) is 0. The van der Waals surface area contributed by atoms with Crippen molar-refractivity contribution in [3.8, 4) is 0 Å². The van der Waals surface area contributed by atoms with Gasteiger partial charge in [0.2, 0.25) is 0 Å². The summed E-state index contributed by atoms with van der Waals surface area (Å²) >= 11 is 0. The van der Waals surface area contributed by atoms with Crippen molar-refractivity contribution in [2.24, 2.45) is 0 Å². The average Bonchev–Trinajstić information content (AvgIpc) is 2.58. The number of carbonyl (C=O) groups is 3. The van der Waals surface area contributed by atoms with Crippen molar-refractivity contribution in [1.82, 2.24) is 4.98 Å². The third kappa shape index (κ3) is 2.19. The van der Waals surface area contributed by atoms with Crippen molar-refractivity contribution in [3.63, 3.8) is 0 Å². The number of hydrogen-bond donors (Lipinski definition) is 3. The molecule has 86 valence electrons. The van der Waals surface area contributed by atoms with E-state index in [1.54, 1.807) is 0 Å². The molecule has 0 unspecified atom stereocenters. The van der Waals surface area contributed by atoms with Gasteiger partial charge in [0.1, 0.15) is 5.56 Å². The largest absolute Gasteiger partial charge is 0.478 e. The number of H-pyrrole nitrogens is 1. The zero-order valence-electron chi connectivity index (χ0n) is 8.66. The molecule has 0 radical (unpaired) electrons. The number of aromatic carboxylic acids is 1. The molecule has 0 fully saturated rings. The van der Waals surface area contributed by atoms with Crippen LogP contribution in [0.4, 0.5) is 5.69 Å². The van der Waals surface area contributed by atoms with Gasteiger partial charge in [-0.05, 0) is 6.92 Å². The van der Waals surface area contributed by atoms with E-state index in [1.165, 1.54) is 13.1 Å². The first-order valence-corrected chi connectivity index (χ1v) is 4.28. The molecule has 0 aromatic carbocycles. The highest BCUT2D eigenvalue weighted by atomic mass is 16.5. The number of carboxylic acids is 1. The number of ether oxygens (including phenoxy) is 1. The van der Waals surface area contributed by atoms with Gasteiger partial charge >= 0.3 is 17.8 Å². The van der Waals surface area contributed by atoms with E-state index in [-0.39, 0.29) is 11.3 Å². The number of hydrogen-bond acceptors (Lipinski definition) is 4. The second-order valence-electron chi connectivity index (χ2n) is 2.95. The first kappa shape index (κ1) is 11.8. The van der Waals surface area contributed by atoms with Crippen LogP contribution in [-0.4, -0.2) is 35.0 Å². The molecule has 3 N–H and O–H groups in total. The predicted molar refractivity (Wildman–Crippen MR) is 53.1 cm³/mol. The topological polar surface area (TPSA) is 108 Å². The second-order valence-corrected chi connectivity index (χ2v) is 2.95. The summed E-state index contributed by atoms with van der Waals surface area (Å²) in [5.74, 6) is -3.31. The lowest BCUT2D eigenvalue weighted by Crippen LogP contribution is -2.24. The van der Waals surface area contributed by atoms with Crippen molar-refractivity contribution in [3.05, 3.63) is 17.5 Å². The molecule has 1 heterocycles. The van der Waals surface area contributed by atoms with Crippen molar-refractivity contribution >= 4 is 23.5 Å². The van der Waals surface area contributed by atoms with Crippen molar-refractivity contribution in [2.45, 2.75) is 6.92 Å². The van der Waals surface area contributed by atoms with E-state index in [2.05, 4.69) is 15.0 Å². The average molecular weight is 226 g/mol. The molecular weight excluding hydrogens is 216 g/mol. The number of nitrogens with one attached hydrogen (secondary N) is 2. The lowest BCUT2D eigenvalue weighted by Gasteiger charge is -2.02. The number of anilines is 1. The van der Waals surface area contributed by atoms with E-state index < -0.39 is 17.8 Å². The normalized spacial score (nSPS) is 9.62. The number of aromatic amines is 1. The van der Waals surface area contributed by atoms with E-state index in [4.69, 9.17) is 5.11 Å². The SMILES string of the molecule is COC(=O)C(=O)Nc1c[nH]c(C)c1C(=O)O. The number of carboxylic acid groups (broad SMARTS) is 1. The molecule has 0 aliphatic rings. The summed E-state index contributed by atoms with van der Waals surface area (Å²) in [7, 11) is 1.06. The summed E-state index contributed by atoms with van der Waals surface area (Å²) in [6.45, 7) is 1.54. The Morgan fingerprint density at radius 1 is 1.44 bits per heavy atom. The summed E-state index contributed by atoms with van der Waals surface area (Å²) in [5, 5.41) is 11.0. The van der Waals surface area contributed by atoms with Gasteiger partial charge in [0.05, 0.1) is 12.8 Å². The van der Waals surface area contributed by atoms with Crippen LogP contribution in [0.3, 0.4) is 0 Å². The highest BCUT2D eigenvalue weighted by molar-refractivity contribution is 6.37. The van der Waals surface area contributed by atoms with Crippen LogP contribution < -0.4 is 5.32 Å². The lowest BCUT2D eigenvalue weighted by atomic mass is 10.2. The van der Waals surface area contributed by atoms with Crippen LogP contribution in [-0.2, 0) is 14.3 Å². The van der Waals surface area contributed by atoms with Gasteiger partial charge in [0.25, 0.3) is 0 Å². The molecule has 0 aliphatic carbocycles. The monoisotopic (exact) mass is 226 g/mol. The molecule has 0 saturated heterocycles. The third-order valence-electron chi connectivity index (χ3n) is 1.91. The van der Waals surface area contributed by atoms with E-state index >= 15 is 0 Å². The van der Waals surface area contributed by atoms with Gasteiger partial charge in [0, 0.05) is 11.9 Å². The maximum Gasteiger partial charge on any atom is 0.396 e. The molecule has 0 spiro atoms. The number of aryl methyl sites for hydroxylation is 1. The zero-order chi connectivity index (χ0) is 12.3. The van der Waals surface area contributed by atoms with Crippen LogP contribution in [0.1, 0.15) is 16.1 Å². The standard InChI is InChI=1S/C9H10N2O5/c1-4-6(8(13)14)5(3-10-4)11-7(12)9(15)16-2/h3,10H,1-2H3,(H,11,12)(H,13,14). The lowest BCUT2D eigenvalue weighted by molar-refractivity contribution is -0.150. The Bertz CT molecular complexity index is 449. The van der Waals surface area contributed by atoms with E-state index in [0.717, 1.165) is 7.11 Å². The molecule has 0 atom stereocenters. The minimum absolute atomic E-state index is 0.0281. The Morgan fingerprint density at radius 2 is 2.06 bits per heavy atom. The molecule has 1 aromatic heterocycles. The van der Waals surface area contributed by atoms with Gasteiger partial charge in [-0.3, -0.25) is 4.79 Å². The highest BCUT2D eigenvalue weighted by Gasteiger charge is 2.20. The Balaban J connectivity index is 2.94. The molecule has 1 amide bonds. The minimum atomic E-state index is -1.20. The molecule has 0 aliphatic heterocycles. The maximum atomic E-state index is 11.1. The van der Waals surface area contributed by atoms with Gasteiger partial charge in [-0.15, -0.1) is 0 Å². The predicted octanol–water partition coefficient (Wildman–Crippen LogP) is 0.133. The number of carbonyl (C=O) groups excluding carboxylic acids is 2. The molecule has 1 aromatic rings. The number of aromatic nitrogens is 1. The Morgan fingerprint density at radius 3 is 2.56 bits per heavy atom.